The van der Waals surface area contributed by atoms with E-state index >= 15 is 0 Å². The minimum Gasteiger partial charge on any atom is -0.311 e. The van der Waals surface area contributed by atoms with Gasteiger partial charge in [0.25, 0.3) is 0 Å². The van der Waals surface area contributed by atoms with E-state index in [4.69, 9.17) is 0 Å². The Morgan fingerprint density at radius 2 is 1.80 bits per heavy atom. The molecular weight excluding hydrogens is 279 g/mol. The van der Waals surface area contributed by atoms with Crippen LogP contribution in [0.5, 0.6) is 0 Å². The summed E-state index contributed by atoms with van der Waals surface area (Å²) in [4.78, 5) is -0.228. The van der Waals surface area contributed by atoms with Crippen LogP contribution in [0.2, 0.25) is 0 Å². The molecule has 110 valence electrons. The number of nitrogens with zero attached hydrogens (tertiary/aromatic N) is 1. The molecule has 2 saturated heterocycles. The third-order valence-corrected chi connectivity index (χ3v) is 6.40. The van der Waals surface area contributed by atoms with Crippen molar-refractivity contribution in [2.45, 2.75) is 48.7 Å². The first-order valence-electron chi connectivity index (χ1n) is 6.97. The molecule has 1 aromatic carbocycles. The smallest absolute Gasteiger partial charge is 0.245 e. The van der Waals surface area contributed by atoms with E-state index in [2.05, 4.69) is 5.32 Å². The molecule has 0 saturated carbocycles. The largest absolute Gasteiger partial charge is 0.311 e. The Balaban J connectivity index is 1.86. The highest BCUT2D eigenvalue weighted by Crippen LogP contribution is 2.32. The number of benzene rings is 1. The molecule has 1 N–H and O–H groups in total. The van der Waals surface area contributed by atoms with E-state index in [0.717, 1.165) is 25.7 Å². The lowest BCUT2D eigenvalue weighted by Gasteiger charge is -2.34. The Kier molecular flexibility index (Phi) is 3.56. The second kappa shape index (κ2) is 5.09. The lowest BCUT2D eigenvalue weighted by Crippen LogP contribution is -2.48. The molecule has 2 bridgehead atoms. The predicted octanol–water partition coefficient (Wildman–Crippen LogP) is 1.73. The van der Waals surface area contributed by atoms with Gasteiger partial charge in [0.15, 0.2) is 0 Å². The summed E-state index contributed by atoms with van der Waals surface area (Å²) in [6.45, 7) is 0. The molecular formula is C14H19FN2O2S. The van der Waals surface area contributed by atoms with Gasteiger partial charge in [-0.3, -0.25) is 0 Å². The third-order valence-electron chi connectivity index (χ3n) is 4.46. The van der Waals surface area contributed by atoms with Crippen LogP contribution in [0.1, 0.15) is 25.7 Å². The molecule has 0 aliphatic carbocycles. The lowest BCUT2D eigenvalue weighted by molar-refractivity contribution is 0.251. The molecule has 2 heterocycles. The summed E-state index contributed by atoms with van der Waals surface area (Å²) in [6, 6.07) is 6.33. The van der Waals surface area contributed by atoms with E-state index in [9.17, 15) is 12.8 Å². The summed E-state index contributed by atoms with van der Waals surface area (Å²) >= 11 is 0. The van der Waals surface area contributed by atoms with Crippen molar-refractivity contribution in [1.82, 2.24) is 9.62 Å². The summed E-state index contributed by atoms with van der Waals surface area (Å²) in [7, 11) is -2.19. The molecule has 3 rings (SSSR count). The first kappa shape index (κ1) is 14.0. The van der Waals surface area contributed by atoms with Crippen molar-refractivity contribution in [2.75, 3.05) is 7.05 Å². The summed E-state index contributed by atoms with van der Waals surface area (Å²) < 4.78 is 40.2. The monoisotopic (exact) mass is 298 g/mol. The molecule has 0 aromatic heterocycles. The van der Waals surface area contributed by atoms with Crippen molar-refractivity contribution in [1.29, 1.82) is 0 Å². The molecule has 0 radical (unpaired) electrons. The van der Waals surface area contributed by atoms with Gasteiger partial charge in [-0.2, -0.15) is 4.31 Å². The maximum absolute atomic E-state index is 13.8. The molecule has 20 heavy (non-hydrogen) atoms. The topological polar surface area (TPSA) is 49.4 Å². The molecule has 2 fully saturated rings. The maximum atomic E-state index is 13.8. The average molecular weight is 298 g/mol. The standard InChI is InChI=1S/C14H19FN2O2S/c1-17(12-8-10-6-7-11(9-12)16-10)20(18,19)14-5-3-2-4-13(14)15/h2-5,10-12,16H,6-9H2,1H3. The quantitative estimate of drug-likeness (QED) is 0.924. The van der Waals surface area contributed by atoms with Crippen LogP contribution in [0.3, 0.4) is 0 Å². The highest BCUT2D eigenvalue weighted by Gasteiger charge is 2.39. The van der Waals surface area contributed by atoms with E-state index in [0.29, 0.717) is 12.1 Å². The van der Waals surface area contributed by atoms with Crippen LogP contribution in [0, 0.1) is 5.82 Å². The van der Waals surface area contributed by atoms with Gasteiger partial charge < -0.3 is 5.32 Å². The van der Waals surface area contributed by atoms with Gasteiger partial charge in [0.1, 0.15) is 10.7 Å². The molecule has 2 atom stereocenters. The summed E-state index contributed by atoms with van der Waals surface area (Å²) in [6.07, 6.45) is 3.82. The van der Waals surface area contributed by atoms with Gasteiger partial charge in [0, 0.05) is 25.2 Å². The zero-order chi connectivity index (χ0) is 14.3. The minimum absolute atomic E-state index is 0.0432. The summed E-state index contributed by atoms with van der Waals surface area (Å²) in [5.41, 5.74) is 0. The van der Waals surface area contributed by atoms with Crippen molar-refractivity contribution >= 4 is 10.0 Å². The average Bonchev–Trinajstić information content (AvgIpc) is 2.77. The minimum atomic E-state index is -3.76. The van der Waals surface area contributed by atoms with E-state index in [1.807, 2.05) is 0 Å². The van der Waals surface area contributed by atoms with Crippen molar-refractivity contribution in [3.63, 3.8) is 0 Å². The van der Waals surface area contributed by atoms with Crippen molar-refractivity contribution < 1.29 is 12.8 Å². The number of sulfonamides is 1. The Hall–Kier alpha value is -0.980. The second-order valence-corrected chi connectivity index (χ2v) is 7.68. The highest BCUT2D eigenvalue weighted by molar-refractivity contribution is 7.89. The fourth-order valence-corrected chi connectivity index (χ4v) is 4.77. The Morgan fingerprint density at radius 1 is 1.20 bits per heavy atom. The number of hydrogen-bond acceptors (Lipinski definition) is 3. The highest BCUT2D eigenvalue weighted by atomic mass is 32.2. The van der Waals surface area contributed by atoms with Gasteiger partial charge in [-0.15, -0.1) is 0 Å². The van der Waals surface area contributed by atoms with E-state index in [-0.39, 0.29) is 10.9 Å². The molecule has 2 aliphatic heterocycles. The molecule has 1 aromatic rings. The second-order valence-electron chi connectivity index (χ2n) is 5.71. The van der Waals surface area contributed by atoms with Crippen LogP contribution in [0.4, 0.5) is 4.39 Å². The van der Waals surface area contributed by atoms with Gasteiger partial charge in [0.05, 0.1) is 0 Å². The zero-order valence-electron chi connectivity index (χ0n) is 11.4. The first-order chi connectivity index (χ1) is 9.48. The van der Waals surface area contributed by atoms with Gasteiger partial charge in [-0.05, 0) is 37.8 Å². The molecule has 2 unspecified atom stereocenters. The molecule has 6 heteroatoms. The fraction of sp³-hybridized carbons (Fsp3) is 0.571. The van der Waals surface area contributed by atoms with E-state index < -0.39 is 15.8 Å². The van der Waals surface area contributed by atoms with Gasteiger partial charge in [-0.1, -0.05) is 12.1 Å². The van der Waals surface area contributed by atoms with Gasteiger partial charge >= 0.3 is 0 Å². The van der Waals surface area contributed by atoms with E-state index in [1.165, 1.54) is 22.5 Å². The van der Waals surface area contributed by atoms with Crippen LogP contribution in [0.25, 0.3) is 0 Å². The molecule has 2 aliphatic rings. The van der Waals surface area contributed by atoms with Crippen LogP contribution in [0.15, 0.2) is 29.2 Å². The van der Waals surface area contributed by atoms with Crippen LogP contribution in [-0.4, -0.2) is 37.9 Å². The van der Waals surface area contributed by atoms with Gasteiger partial charge in [0.2, 0.25) is 10.0 Å². The Morgan fingerprint density at radius 3 is 2.40 bits per heavy atom. The number of fused-ring (bicyclic) bond motifs is 2. The Bertz CT molecular complexity index is 593. The number of piperidine rings is 1. The Labute approximate surface area is 119 Å². The summed E-state index contributed by atoms with van der Waals surface area (Å²) in [5, 5.41) is 3.48. The van der Waals surface area contributed by atoms with Crippen LogP contribution in [-0.2, 0) is 10.0 Å². The van der Waals surface area contributed by atoms with Crippen LogP contribution >= 0.6 is 0 Å². The number of nitrogens with one attached hydrogen (secondary N) is 1. The van der Waals surface area contributed by atoms with Gasteiger partial charge in [-0.25, -0.2) is 12.8 Å². The fourth-order valence-electron chi connectivity index (χ4n) is 3.33. The normalized spacial score (nSPS) is 29.9. The maximum Gasteiger partial charge on any atom is 0.245 e. The SMILES string of the molecule is CN(C1CC2CCC(C1)N2)S(=O)(=O)c1ccccc1F. The number of halogens is 1. The number of hydrogen-bond donors (Lipinski definition) is 1. The number of rotatable bonds is 3. The third kappa shape index (κ3) is 2.36. The molecule has 0 spiro atoms. The zero-order valence-corrected chi connectivity index (χ0v) is 12.2. The summed E-state index contributed by atoms with van der Waals surface area (Å²) in [5.74, 6) is -0.684. The lowest BCUT2D eigenvalue weighted by atomic mass is 10.0. The predicted molar refractivity (Wildman–Crippen MR) is 74.3 cm³/mol. The van der Waals surface area contributed by atoms with Crippen LogP contribution < -0.4 is 5.32 Å². The van der Waals surface area contributed by atoms with Crippen molar-refractivity contribution in [3.8, 4) is 0 Å². The van der Waals surface area contributed by atoms with E-state index in [1.54, 1.807) is 13.1 Å². The van der Waals surface area contributed by atoms with Crippen molar-refractivity contribution in [2.24, 2.45) is 0 Å². The molecule has 0 amide bonds. The molecule has 4 nitrogen and oxygen atoms in total. The van der Waals surface area contributed by atoms with Crippen molar-refractivity contribution in [3.05, 3.63) is 30.1 Å². The first-order valence-corrected chi connectivity index (χ1v) is 8.41.